The van der Waals surface area contributed by atoms with Crippen LogP contribution in [0.4, 0.5) is 0 Å². The minimum absolute atomic E-state index is 0.366. The van der Waals surface area contributed by atoms with Gasteiger partial charge in [-0.1, -0.05) is 18.2 Å². The van der Waals surface area contributed by atoms with Gasteiger partial charge in [-0.3, -0.25) is 11.1 Å². The highest BCUT2D eigenvalue weighted by molar-refractivity contribution is 8.13. The average molecular weight is 254 g/mol. The zero-order valence-electron chi connectivity index (χ0n) is 8.62. The Balaban J connectivity index is 0.000000317. The summed E-state index contributed by atoms with van der Waals surface area (Å²) in [4.78, 5) is 12.5. The number of rotatable bonds is 1. The predicted octanol–water partition coefficient (Wildman–Crippen LogP) is 0.0947. The molecule has 0 fully saturated rings. The van der Waals surface area contributed by atoms with E-state index in [1.807, 2.05) is 30.5 Å². The largest absolute Gasteiger partial charge is 0.360 e. The molecule has 0 amide bonds. The van der Waals surface area contributed by atoms with Crippen molar-refractivity contribution in [3.8, 4) is 0 Å². The molecule has 0 bridgehead atoms. The minimum Gasteiger partial charge on any atom is -0.360 e. The summed E-state index contributed by atoms with van der Waals surface area (Å²) in [7, 11) is 0. The van der Waals surface area contributed by atoms with Gasteiger partial charge in [-0.15, -0.1) is 0 Å². The molecule has 5 N–H and O–H groups in total. The fourth-order valence-electron chi connectivity index (χ4n) is 1.26. The van der Waals surface area contributed by atoms with Gasteiger partial charge in [-0.25, -0.2) is 0 Å². The molecule has 1 aromatic heterocycles. The molecule has 0 radical (unpaired) electrons. The van der Waals surface area contributed by atoms with Gasteiger partial charge in [0.25, 0.3) is 0 Å². The number of nitrogens with two attached hydrogens (primary N) is 2. The van der Waals surface area contributed by atoms with Gasteiger partial charge in [0.1, 0.15) is 0 Å². The maximum absolute atomic E-state index is 8.25. The number of aromatic nitrogens is 1. The van der Waals surface area contributed by atoms with Crippen LogP contribution in [0.15, 0.2) is 35.4 Å². The Morgan fingerprint density at radius 3 is 2.59 bits per heavy atom. The molecule has 0 aliphatic rings. The van der Waals surface area contributed by atoms with Crippen LogP contribution in [0.3, 0.4) is 0 Å². The monoisotopic (exact) mass is 254 g/mol. The first-order chi connectivity index (χ1) is 8.00. The van der Waals surface area contributed by atoms with Crippen molar-refractivity contribution in [3.05, 3.63) is 45.8 Å². The first kappa shape index (κ1) is 12.8. The third-order valence-corrected chi connectivity index (χ3v) is 2.57. The third-order valence-electron chi connectivity index (χ3n) is 1.78. The molecule has 0 saturated heterocycles. The Bertz CT molecular complexity index is 536. The van der Waals surface area contributed by atoms with E-state index in [-0.39, 0.29) is 0 Å². The molecular weight excluding hydrogens is 244 g/mol. The SMILES string of the molecule is NC(=[NH2+])Sc1c[nH]c2ccccc12.O=[N+]([O-])[O-]. The zero-order valence-corrected chi connectivity index (χ0v) is 9.44. The number of thioether (sulfide) groups is 1. The lowest BCUT2D eigenvalue weighted by Crippen LogP contribution is -2.43. The third kappa shape index (κ3) is 4.03. The zero-order chi connectivity index (χ0) is 12.8. The highest BCUT2D eigenvalue weighted by atomic mass is 32.2. The van der Waals surface area contributed by atoms with E-state index >= 15 is 0 Å². The number of H-pyrrole nitrogens is 1. The smallest absolute Gasteiger partial charge is 0.304 e. The van der Waals surface area contributed by atoms with Crippen LogP contribution in [0, 0.1) is 15.3 Å². The lowest BCUT2D eigenvalue weighted by Gasteiger charge is -1.91. The number of aromatic amines is 1. The van der Waals surface area contributed by atoms with Gasteiger partial charge in [0.05, 0.1) is 5.09 Å². The van der Waals surface area contributed by atoms with Gasteiger partial charge in [0.15, 0.2) is 0 Å². The second kappa shape index (κ2) is 5.75. The molecule has 0 saturated carbocycles. The lowest BCUT2D eigenvalue weighted by molar-refractivity contribution is -0.402. The summed E-state index contributed by atoms with van der Waals surface area (Å²) in [5.41, 5.74) is 6.52. The Labute approximate surface area is 100 Å². The minimum atomic E-state index is -1.75. The van der Waals surface area contributed by atoms with Crippen LogP contribution in [0.25, 0.3) is 10.9 Å². The fourth-order valence-corrected chi connectivity index (χ4v) is 1.92. The Hall–Kier alpha value is -2.22. The number of nitrogens with zero attached hydrogens (tertiary/aromatic N) is 1. The molecule has 2 aromatic rings. The normalized spacial score (nSPS) is 9.41. The fraction of sp³-hybridized carbons (Fsp3) is 0. The van der Waals surface area contributed by atoms with Crippen molar-refractivity contribution in [1.29, 1.82) is 0 Å². The molecule has 90 valence electrons. The van der Waals surface area contributed by atoms with Crippen LogP contribution in [0.1, 0.15) is 0 Å². The second-order valence-corrected chi connectivity index (χ2v) is 4.04. The van der Waals surface area contributed by atoms with Gasteiger partial charge in [0.2, 0.25) is 0 Å². The maximum atomic E-state index is 8.25. The van der Waals surface area contributed by atoms with Gasteiger partial charge in [-0.05, 0) is 17.8 Å². The molecule has 0 aliphatic carbocycles. The first-order valence-corrected chi connectivity index (χ1v) is 5.25. The first-order valence-electron chi connectivity index (χ1n) is 4.44. The van der Waals surface area contributed by atoms with E-state index in [0.29, 0.717) is 5.17 Å². The summed E-state index contributed by atoms with van der Waals surface area (Å²) in [6.07, 6.45) is 1.91. The molecule has 0 spiro atoms. The summed E-state index contributed by atoms with van der Waals surface area (Å²) >= 11 is 1.38. The number of fused-ring (bicyclic) bond motifs is 1. The molecule has 17 heavy (non-hydrogen) atoms. The highest BCUT2D eigenvalue weighted by Gasteiger charge is 2.06. The van der Waals surface area contributed by atoms with Crippen molar-refractivity contribution < 1.29 is 10.5 Å². The van der Waals surface area contributed by atoms with Crippen LogP contribution in [-0.2, 0) is 0 Å². The van der Waals surface area contributed by atoms with Gasteiger partial charge < -0.3 is 20.3 Å². The standard InChI is InChI=1S/C9H9N3S.NO3/c10-9(11)13-8-5-12-7-4-2-1-3-6(7)8;2-1(3)4/h1-5,12H,(H3,10,11);/q;-1/p+1. The average Bonchev–Trinajstić information content (AvgIpc) is 2.60. The Kier molecular flexibility index (Phi) is 4.35. The predicted molar refractivity (Wildman–Crippen MR) is 65.6 cm³/mol. The molecule has 0 aliphatic heterocycles. The number of hydrogen-bond donors (Lipinski definition) is 3. The van der Waals surface area contributed by atoms with Crippen molar-refractivity contribution >= 4 is 27.8 Å². The van der Waals surface area contributed by atoms with Crippen LogP contribution in [0.5, 0.6) is 0 Å². The van der Waals surface area contributed by atoms with Crippen LogP contribution in [-0.4, -0.2) is 15.2 Å². The van der Waals surface area contributed by atoms with Gasteiger partial charge in [0, 0.05) is 22.0 Å². The van der Waals surface area contributed by atoms with Crippen molar-refractivity contribution in [2.75, 3.05) is 0 Å². The van der Waals surface area contributed by atoms with E-state index in [1.54, 1.807) is 0 Å². The van der Waals surface area contributed by atoms with Crippen molar-refractivity contribution in [3.63, 3.8) is 0 Å². The number of para-hydroxylation sites is 1. The molecule has 2 rings (SSSR count). The molecule has 1 heterocycles. The van der Waals surface area contributed by atoms with Crippen LogP contribution >= 0.6 is 11.8 Å². The summed E-state index contributed by atoms with van der Waals surface area (Å²) in [5.74, 6) is 0. The highest BCUT2D eigenvalue weighted by Crippen LogP contribution is 2.26. The van der Waals surface area contributed by atoms with E-state index in [0.717, 1.165) is 15.8 Å². The van der Waals surface area contributed by atoms with E-state index in [2.05, 4.69) is 4.98 Å². The van der Waals surface area contributed by atoms with Crippen molar-refractivity contribution in [2.45, 2.75) is 4.90 Å². The molecule has 8 heteroatoms. The molecule has 0 atom stereocenters. The number of amidine groups is 1. The summed E-state index contributed by atoms with van der Waals surface area (Å²) < 4.78 is 0. The number of hydrogen-bond acceptors (Lipinski definition) is 4. The molecular formula is C9H10N4O3S. The summed E-state index contributed by atoms with van der Waals surface area (Å²) in [6, 6.07) is 8.04. The maximum Gasteiger partial charge on any atom is 0.304 e. The van der Waals surface area contributed by atoms with Gasteiger partial charge >= 0.3 is 5.17 Å². The van der Waals surface area contributed by atoms with Crippen LogP contribution in [0.2, 0.25) is 0 Å². The molecule has 1 aromatic carbocycles. The quantitative estimate of drug-likeness (QED) is 0.218. The lowest BCUT2D eigenvalue weighted by atomic mass is 10.2. The molecule has 7 nitrogen and oxygen atoms in total. The summed E-state index contributed by atoms with van der Waals surface area (Å²) in [5, 5.41) is 21.7. The van der Waals surface area contributed by atoms with E-state index < -0.39 is 5.09 Å². The van der Waals surface area contributed by atoms with E-state index in [9.17, 15) is 0 Å². The van der Waals surface area contributed by atoms with Crippen molar-refractivity contribution in [1.82, 2.24) is 4.98 Å². The second-order valence-electron chi connectivity index (χ2n) is 2.93. The number of benzene rings is 1. The van der Waals surface area contributed by atoms with Gasteiger partial charge in [-0.2, -0.15) is 0 Å². The topological polar surface area (TPSA) is 134 Å². The number of nitrogens with one attached hydrogen (secondary N) is 1. The van der Waals surface area contributed by atoms with E-state index in [1.165, 1.54) is 11.8 Å². The molecule has 0 unspecified atom stereocenters. The van der Waals surface area contributed by atoms with E-state index in [4.69, 9.17) is 26.5 Å². The summed E-state index contributed by atoms with van der Waals surface area (Å²) in [6.45, 7) is 0. The van der Waals surface area contributed by atoms with Crippen LogP contribution < -0.4 is 11.1 Å². The van der Waals surface area contributed by atoms with Crippen molar-refractivity contribution in [2.24, 2.45) is 5.73 Å². The Morgan fingerprint density at radius 2 is 2.00 bits per heavy atom. The Morgan fingerprint density at radius 1 is 1.41 bits per heavy atom.